The van der Waals surface area contributed by atoms with E-state index in [1.54, 1.807) is 0 Å². The van der Waals surface area contributed by atoms with E-state index in [1.165, 1.54) is 0 Å². The maximum Gasteiger partial charge on any atom is 0.0542 e. The first-order valence-electron chi connectivity index (χ1n) is 4.77. The minimum atomic E-state index is 0.0604. The molecule has 0 fully saturated rings. The molecule has 1 aromatic rings. The molecule has 1 unspecified atom stereocenters. The molecule has 1 aromatic carbocycles. The highest BCUT2D eigenvalue weighted by atomic mass is 127. The highest BCUT2D eigenvalue weighted by Gasteiger charge is 2.25. The van der Waals surface area contributed by atoms with E-state index in [2.05, 4.69) is 54.9 Å². The second kappa shape index (κ2) is 4.99. The van der Waals surface area contributed by atoms with Gasteiger partial charge in [0.25, 0.3) is 0 Å². The van der Waals surface area contributed by atoms with Crippen LogP contribution in [0.5, 0.6) is 0 Å². The third kappa shape index (κ3) is 3.31. The molecule has 0 amide bonds. The molecule has 0 radical (unpaired) electrons. The first-order valence-corrected chi connectivity index (χ1v) is 6.23. The molecule has 84 valence electrons. The van der Waals surface area contributed by atoms with Gasteiger partial charge in [0.05, 0.1) is 11.1 Å². The van der Waals surface area contributed by atoms with Gasteiger partial charge in [-0.1, -0.05) is 38.4 Å². The van der Waals surface area contributed by atoms with Crippen LogP contribution in [0.4, 0.5) is 0 Å². The van der Waals surface area contributed by atoms with Crippen molar-refractivity contribution in [2.45, 2.75) is 26.8 Å². The van der Waals surface area contributed by atoms with E-state index in [4.69, 9.17) is 17.4 Å². The lowest BCUT2D eigenvalue weighted by Gasteiger charge is -2.30. The largest absolute Gasteiger partial charge is 0.271 e. The van der Waals surface area contributed by atoms with Crippen molar-refractivity contribution in [3.8, 4) is 0 Å². The summed E-state index contributed by atoms with van der Waals surface area (Å²) in [5.41, 5.74) is 4.03. The van der Waals surface area contributed by atoms with Crippen molar-refractivity contribution in [3.05, 3.63) is 32.4 Å². The van der Waals surface area contributed by atoms with Crippen LogP contribution in [0, 0.1) is 8.99 Å². The summed E-state index contributed by atoms with van der Waals surface area (Å²) in [6.45, 7) is 6.43. The van der Waals surface area contributed by atoms with E-state index in [1.807, 2.05) is 12.1 Å². The van der Waals surface area contributed by atoms with Crippen molar-refractivity contribution in [1.29, 1.82) is 0 Å². The monoisotopic (exact) mass is 338 g/mol. The van der Waals surface area contributed by atoms with Crippen molar-refractivity contribution in [2.75, 3.05) is 0 Å². The Kier molecular flexibility index (Phi) is 4.40. The van der Waals surface area contributed by atoms with Crippen LogP contribution in [0.15, 0.2) is 18.2 Å². The van der Waals surface area contributed by atoms with Crippen LogP contribution in [0.25, 0.3) is 0 Å². The van der Waals surface area contributed by atoms with E-state index in [0.717, 1.165) is 14.2 Å². The summed E-state index contributed by atoms with van der Waals surface area (Å²) in [5, 5.41) is 0.776. The molecular weight excluding hydrogens is 322 g/mol. The minimum absolute atomic E-state index is 0.0604. The van der Waals surface area contributed by atoms with Crippen LogP contribution in [0.3, 0.4) is 0 Å². The standard InChI is InChI=1S/C11H16ClIN2/c1-11(2,3)10(15-14)7-4-5-9(13)8(12)6-7/h4-6,10,15H,14H2,1-3H3. The normalized spacial score (nSPS) is 14.0. The number of nitrogens with one attached hydrogen (secondary N) is 1. The molecule has 2 nitrogen and oxygen atoms in total. The molecule has 0 bridgehead atoms. The number of benzene rings is 1. The van der Waals surface area contributed by atoms with Crippen molar-refractivity contribution in [3.63, 3.8) is 0 Å². The molecule has 0 heterocycles. The molecule has 0 saturated carbocycles. The van der Waals surface area contributed by atoms with Crippen LogP contribution in [-0.2, 0) is 0 Å². The van der Waals surface area contributed by atoms with Gasteiger partial charge in [-0.15, -0.1) is 0 Å². The third-order valence-corrected chi connectivity index (χ3v) is 3.88. The molecule has 1 rings (SSSR count). The van der Waals surface area contributed by atoms with Crippen molar-refractivity contribution < 1.29 is 0 Å². The summed E-state index contributed by atoms with van der Waals surface area (Å²) >= 11 is 8.30. The Hall–Kier alpha value is 0.160. The molecule has 15 heavy (non-hydrogen) atoms. The van der Waals surface area contributed by atoms with E-state index in [9.17, 15) is 0 Å². The molecule has 0 spiro atoms. The Morgan fingerprint density at radius 1 is 1.40 bits per heavy atom. The van der Waals surface area contributed by atoms with E-state index >= 15 is 0 Å². The fourth-order valence-electron chi connectivity index (χ4n) is 1.54. The Morgan fingerprint density at radius 2 is 2.00 bits per heavy atom. The first-order chi connectivity index (χ1) is 6.86. The smallest absolute Gasteiger partial charge is 0.0542 e. The fraction of sp³-hybridized carbons (Fsp3) is 0.455. The Balaban J connectivity index is 3.08. The summed E-state index contributed by atoms with van der Waals surface area (Å²) in [4.78, 5) is 0. The second-order valence-corrected chi connectivity index (χ2v) is 6.21. The van der Waals surface area contributed by atoms with E-state index < -0.39 is 0 Å². The lowest BCUT2D eigenvalue weighted by atomic mass is 9.83. The number of rotatable bonds is 2. The average Bonchev–Trinajstić information content (AvgIpc) is 2.10. The van der Waals surface area contributed by atoms with E-state index in [0.29, 0.717) is 0 Å². The van der Waals surface area contributed by atoms with Crippen molar-refractivity contribution in [2.24, 2.45) is 11.3 Å². The van der Waals surface area contributed by atoms with Gasteiger partial charge >= 0.3 is 0 Å². The molecule has 0 aromatic heterocycles. The van der Waals surface area contributed by atoms with Gasteiger partial charge in [-0.25, -0.2) is 0 Å². The van der Waals surface area contributed by atoms with Crippen LogP contribution in [-0.4, -0.2) is 0 Å². The Morgan fingerprint density at radius 3 is 2.40 bits per heavy atom. The minimum Gasteiger partial charge on any atom is -0.271 e. The second-order valence-electron chi connectivity index (χ2n) is 4.64. The zero-order valence-corrected chi connectivity index (χ0v) is 12.1. The first kappa shape index (κ1) is 13.2. The molecule has 0 aliphatic heterocycles. The molecular formula is C11H16ClIN2. The summed E-state index contributed by atoms with van der Waals surface area (Å²) < 4.78 is 1.06. The number of hydrogen-bond acceptors (Lipinski definition) is 2. The lowest BCUT2D eigenvalue weighted by molar-refractivity contribution is 0.275. The van der Waals surface area contributed by atoms with Gasteiger partial charge in [0, 0.05) is 3.57 Å². The quantitative estimate of drug-likeness (QED) is 0.492. The van der Waals surface area contributed by atoms with Gasteiger partial charge in [0.2, 0.25) is 0 Å². The molecule has 0 saturated heterocycles. The van der Waals surface area contributed by atoms with Gasteiger partial charge in [-0.3, -0.25) is 11.3 Å². The van der Waals surface area contributed by atoms with Gasteiger partial charge in [0.1, 0.15) is 0 Å². The average molecular weight is 339 g/mol. The molecule has 0 aliphatic carbocycles. The van der Waals surface area contributed by atoms with Gasteiger partial charge in [-0.2, -0.15) is 0 Å². The fourth-order valence-corrected chi connectivity index (χ4v) is 2.06. The van der Waals surface area contributed by atoms with Crippen molar-refractivity contribution in [1.82, 2.24) is 5.43 Å². The van der Waals surface area contributed by atoms with Gasteiger partial charge in [-0.05, 0) is 45.7 Å². The molecule has 3 N–H and O–H groups in total. The summed E-state index contributed by atoms with van der Waals surface area (Å²) in [7, 11) is 0. The third-order valence-electron chi connectivity index (χ3n) is 2.31. The van der Waals surface area contributed by atoms with Gasteiger partial charge in [0.15, 0.2) is 0 Å². The Bertz CT molecular complexity index is 347. The van der Waals surface area contributed by atoms with Crippen LogP contribution in [0.2, 0.25) is 5.02 Å². The number of halogens is 2. The summed E-state index contributed by atoms with van der Waals surface area (Å²) in [6, 6.07) is 6.14. The zero-order chi connectivity index (χ0) is 11.6. The molecule has 1 atom stereocenters. The van der Waals surface area contributed by atoms with Gasteiger partial charge < -0.3 is 0 Å². The van der Waals surface area contributed by atoms with Crippen LogP contribution < -0.4 is 11.3 Å². The van der Waals surface area contributed by atoms with Crippen molar-refractivity contribution >= 4 is 34.2 Å². The highest BCUT2D eigenvalue weighted by Crippen LogP contribution is 2.33. The predicted octanol–water partition coefficient (Wildman–Crippen LogP) is 3.50. The zero-order valence-electron chi connectivity index (χ0n) is 9.14. The molecule has 0 aliphatic rings. The van der Waals surface area contributed by atoms with Crippen LogP contribution in [0.1, 0.15) is 32.4 Å². The lowest BCUT2D eigenvalue weighted by Crippen LogP contribution is -2.36. The number of nitrogens with two attached hydrogens (primary N) is 1. The topological polar surface area (TPSA) is 38.0 Å². The maximum atomic E-state index is 6.09. The SMILES string of the molecule is CC(C)(C)C(NN)c1ccc(I)c(Cl)c1. The summed E-state index contributed by atoms with van der Waals surface area (Å²) in [5.74, 6) is 5.58. The molecule has 4 heteroatoms. The van der Waals surface area contributed by atoms with Crippen LogP contribution >= 0.6 is 34.2 Å². The maximum absolute atomic E-state index is 6.09. The highest BCUT2D eigenvalue weighted by molar-refractivity contribution is 14.1. The van der Waals surface area contributed by atoms with E-state index in [-0.39, 0.29) is 11.5 Å². The summed E-state index contributed by atoms with van der Waals surface area (Å²) in [6.07, 6.45) is 0. The Labute approximate surface area is 110 Å². The number of hydrazine groups is 1. The predicted molar refractivity (Wildman–Crippen MR) is 73.7 cm³/mol. The number of hydrogen-bond donors (Lipinski definition) is 2.